The molecule has 1 N–H and O–H groups in total. The summed E-state index contributed by atoms with van der Waals surface area (Å²) in [5.41, 5.74) is 0. The van der Waals surface area contributed by atoms with E-state index in [4.69, 9.17) is 9.84 Å². The Morgan fingerprint density at radius 3 is 1.92 bits per heavy atom. The fraction of sp³-hybridized carbons (Fsp3) is 1.00. The monoisotopic (exact) mass is 192 g/mol. The molecule has 1 aliphatic rings. The third kappa shape index (κ3) is 11.9. The lowest BCUT2D eigenvalue weighted by atomic mass is 9.99. The van der Waals surface area contributed by atoms with Gasteiger partial charge in [-0.05, 0) is 25.7 Å². The second kappa shape index (κ2) is 11.9. The second-order valence-electron chi connectivity index (χ2n) is 3.22. The van der Waals surface area contributed by atoms with E-state index >= 15 is 0 Å². The summed E-state index contributed by atoms with van der Waals surface area (Å²) in [5.74, 6) is 0.888. The van der Waals surface area contributed by atoms with Gasteiger partial charge in [0.1, 0.15) is 0 Å². The van der Waals surface area contributed by atoms with Gasteiger partial charge < -0.3 is 14.6 Å². The zero-order chi connectivity index (χ0) is 10.7. The second-order valence-corrected chi connectivity index (χ2v) is 3.22. The predicted octanol–water partition coefficient (Wildman–Crippen LogP) is 1.69. The lowest BCUT2D eigenvalue weighted by molar-refractivity contribution is 0.00682. The predicted molar refractivity (Wildman–Crippen MR) is 54.9 cm³/mol. The average molecular weight is 192 g/mol. The molecule has 3 heteroatoms. The van der Waals surface area contributed by atoms with Crippen molar-refractivity contribution in [2.45, 2.75) is 32.8 Å². The molecule has 0 radical (unpaired) electrons. The Morgan fingerprint density at radius 1 is 1.23 bits per heavy atom. The van der Waals surface area contributed by atoms with Gasteiger partial charge >= 0.3 is 0 Å². The molecule has 1 saturated heterocycles. The maximum atomic E-state index is 7.00. The van der Waals surface area contributed by atoms with Crippen LogP contribution in [0.1, 0.15) is 26.7 Å². The first-order valence-electron chi connectivity index (χ1n) is 4.67. The first-order valence-corrected chi connectivity index (χ1v) is 4.67. The van der Waals surface area contributed by atoms with E-state index in [1.807, 2.05) is 0 Å². The minimum Gasteiger partial charge on any atom is -0.400 e. The highest BCUT2D eigenvalue weighted by Gasteiger charge is 2.13. The van der Waals surface area contributed by atoms with Gasteiger partial charge in [-0.1, -0.05) is 6.92 Å². The molecule has 0 aromatic carbocycles. The van der Waals surface area contributed by atoms with Gasteiger partial charge in [0.25, 0.3) is 0 Å². The van der Waals surface area contributed by atoms with Crippen molar-refractivity contribution in [2.24, 2.45) is 5.92 Å². The van der Waals surface area contributed by atoms with Gasteiger partial charge in [-0.15, -0.1) is 0 Å². The van der Waals surface area contributed by atoms with E-state index in [2.05, 4.69) is 18.6 Å². The molecule has 1 fully saturated rings. The van der Waals surface area contributed by atoms with Gasteiger partial charge in [0.15, 0.2) is 0 Å². The van der Waals surface area contributed by atoms with E-state index in [1.165, 1.54) is 12.8 Å². The smallest absolute Gasteiger partial charge is 0.0549 e. The molecule has 0 saturated carbocycles. The van der Waals surface area contributed by atoms with Gasteiger partial charge in [-0.2, -0.15) is 0 Å². The molecule has 0 amide bonds. The molecule has 1 heterocycles. The van der Waals surface area contributed by atoms with Gasteiger partial charge in [-0.25, -0.2) is 0 Å². The fourth-order valence-electron chi connectivity index (χ4n) is 1.22. The summed E-state index contributed by atoms with van der Waals surface area (Å²) in [7, 11) is 4.25. The van der Waals surface area contributed by atoms with E-state index in [1.54, 1.807) is 14.2 Å². The van der Waals surface area contributed by atoms with Crippen LogP contribution in [0.3, 0.4) is 0 Å². The zero-order valence-electron chi connectivity index (χ0n) is 9.54. The van der Waals surface area contributed by atoms with Crippen molar-refractivity contribution in [1.29, 1.82) is 0 Å². The van der Waals surface area contributed by atoms with Crippen LogP contribution < -0.4 is 0 Å². The van der Waals surface area contributed by atoms with Crippen LogP contribution in [0.2, 0.25) is 0 Å². The van der Waals surface area contributed by atoms with Crippen molar-refractivity contribution in [3.05, 3.63) is 0 Å². The zero-order valence-corrected chi connectivity index (χ0v) is 9.54. The number of rotatable bonds is 0. The summed E-state index contributed by atoms with van der Waals surface area (Å²) in [6.45, 7) is 5.41. The Morgan fingerprint density at radius 2 is 1.69 bits per heavy atom. The Kier molecular flexibility index (Phi) is 14.0. The van der Waals surface area contributed by atoms with E-state index in [-0.39, 0.29) is 0 Å². The molecule has 0 aromatic rings. The van der Waals surface area contributed by atoms with Crippen LogP contribution in [-0.2, 0) is 9.47 Å². The topological polar surface area (TPSA) is 38.7 Å². The normalized spacial score (nSPS) is 26.3. The van der Waals surface area contributed by atoms with E-state index in [0.717, 1.165) is 19.6 Å². The van der Waals surface area contributed by atoms with Crippen LogP contribution in [-0.4, -0.2) is 39.1 Å². The van der Waals surface area contributed by atoms with Crippen LogP contribution in [0.25, 0.3) is 0 Å². The molecule has 0 aromatic heterocycles. The van der Waals surface area contributed by atoms with Crippen molar-refractivity contribution in [1.82, 2.24) is 0 Å². The number of methoxy groups -OCH3 is 1. The van der Waals surface area contributed by atoms with Crippen LogP contribution in [0.15, 0.2) is 0 Å². The van der Waals surface area contributed by atoms with E-state index in [9.17, 15) is 0 Å². The lowest BCUT2D eigenvalue weighted by Gasteiger charge is -2.23. The molecular weight excluding hydrogens is 168 g/mol. The largest absolute Gasteiger partial charge is 0.400 e. The van der Waals surface area contributed by atoms with Crippen molar-refractivity contribution in [3.63, 3.8) is 0 Å². The number of hydrogen-bond donors (Lipinski definition) is 1. The quantitative estimate of drug-likeness (QED) is 0.635. The maximum Gasteiger partial charge on any atom is 0.0549 e. The van der Waals surface area contributed by atoms with E-state index < -0.39 is 0 Å². The molecule has 0 bridgehead atoms. The summed E-state index contributed by atoms with van der Waals surface area (Å²) < 4.78 is 9.60. The highest BCUT2D eigenvalue weighted by atomic mass is 16.5. The van der Waals surface area contributed by atoms with Crippen LogP contribution in [0.5, 0.6) is 0 Å². The molecule has 13 heavy (non-hydrogen) atoms. The molecule has 3 nitrogen and oxygen atoms in total. The average Bonchev–Trinajstić information content (AvgIpc) is 2.08. The van der Waals surface area contributed by atoms with Crippen LogP contribution in [0, 0.1) is 5.92 Å². The number of hydrogen-bond acceptors (Lipinski definition) is 3. The standard InChI is InChI=1S/C7H14O.C2H6O.CH4O/c1-6-3-4-8-7(2)5-6;1-3-2;1-2/h6-7H,3-5H2,1-2H3;1-2H3;2H,1H3. The first kappa shape index (κ1) is 15.4. The highest BCUT2D eigenvalue weighted by Crippen LogP contribution is 2.18. The summed E-state index contributed by atoms with van der Waals surface area (Å²) in [6, 6.07) is 0. The minimum absolute atomic E-state index is 0.513. The van der Waals surface area contributed by atoms with Crippen LogP contribution in [0.4, 0.5) is 0 Å². The molecular formula is C10H24O3. The molecule has 82 valence electrons. The van der Waals surface area contributed by atoms with Crippen molar-refractivity contribution in [2.75, 3.05) is 27.9 Å². The first-order chi connectivity index (χ1) is 6.20. The molecule has 0 aliphatic carbocycles. The highest BCUT2D eigenvalue weighted by molar-refractivity contribution is 4.63. The number of aliphatic hydroxyl groups excluding tert-OH is 1. The number of aliphatic hydroxyl groups is 1. The SMILES string of the molecule is CC1CCOC(C)C1.CO.COC. The van der Waals surface area contributed by atoms with Gasteiger partial charge in [0, 0.05) is 27.9 Å². The Hall–Kier alpha value is -0.120. The fourth-order valence-corrected chi connectivity index (χ4v) is 1.22. The lowest BCUT2D eigenvalue weighted by Crippen LogP contribution is -2.20. The molecule has 1 aliphatic heterocycles. The summed E-state index contributed by atoms with van der Waals surface area (Å²) in [4.78, 5) is 0. The van der Waals surface area contributed by atoms with Crippen molar-refractivity contribution in [3.8, 4) is 0 Å². The number of ether oxygens (including phenoxy) is 2. The third-order valence-electron chi connectivity index (χ3n) is 1.75. The summed E-state index contributed by atoms with van der Waals surface area (Å²) in [5, 5.41) is 7.00. The summed E-state index contributed by atoms with van der Waals surface area (Å²) in [6.07, 6.45) is 3.02. The van der Waals surface area contributed by atoms with Gasteiger partial charge in [0.05, 0.1) is 6.10 Å². The Bertz CT molecular complexity index is 78.2. The molecule has 2 unspecified atom stereocenters. The molecule has 1 rings (SSSR count). The third-order valence-corrected chi connectivity index (χ3v) is 1.75. The Labute approximate surface area is 82.1 Å². The van der Waals surface area contributed by atoms with Crippen LogP contribution >= 0.6 is 0 Å². The molecule has 2 atom stereocenters. The maximum absolute atomic E-state index is 7.00. The van der Waals surface area contributed by atoms with Crippen molar-refractivity contribution < 1.29 is 14.6 Å². The van der Waals surface area contributed by atoms with Gasteiger partial charge in [0.2, 0.25) is 0 Å². The molecule has 0 spiro atoms. The van der Waals surface area contributed by atoms with Gasteiger partial charge in [-0.3, -0.25) is 0 Å². The van der Waals surface area contributed by atoms with E-state index in [0.29, 0.717) is 6.10 Å². The Balaban J connectivity index is 0. The minimum atomic E-state index is 0.513. The van der Waals surface area contributed by atoms with Crippen molar-refractivity contribution >= 4 is 0 Å². The summed E-state index contributed by atoms with van der Waals surface area (Å²) >= 11 is 0.